The molecule has 0 N–H and O–H groups in total. The summed E-state index contributed by atoms with van der Waals surface area (Å²) in [7, 11) is 1.35. The zero-order valence-corrected chi connectivity index (χ0v) is 6.33. The molecule has 1 aromatic rings. The van der Waals surface area contributed by atoms with E-state index in [1.54, 1.807) is 0 Å². The minimum Gasteiger partial charge on any atom is -0.524 e. The van der Waals surface area contributed by atoms with E-state index < -0.39 is 0 Å². The van der Waals surface area contributed by atoms with Gasteiger partial charge in [0, 0.05) is 0 Å². The van der Waals surface area contributed by atoms with E-state index in [1.807, 2.05) is 18.2 Å². The third-order valence-corrected chi connectivity index (χ3v) is 1.77. The number of hydrogen-bond donors (Lipinski definition) is 0. The highest BCUT2D eigenvalue weighted by atomic mass is 16.6. The zero-order valence-electron chi connectivity index (χ0n) is 6.33. The van der Waals surface area contributed by atoms with Gasteiger partial charge in [0.15, 0.2) is 0 Å². The first kappa shape index (κ1) is 6.59. The van der Waals surface area contributed by atoms with Crippen LogP contribution in [0.25, 0.3) is 0 Å². The van der Waals surface area contributed by atoms with Crippen LogP contribution in [0.1, 0.15) is 12.5 Å². The normalized spacial score (nSPS) is 12.8. The van der Waals surface area contributed by atoms with E-state index in [1.165, 1.54) is 13.2 Å². The largest absolute Gasteiger partial charge is 0.658 e. The first-order chi connectivity index (χ1) is 5.40. The Labute approximate surface area is 66.4 Å². The first-order valence-electron chi connectivity index (χ1n) is 3.68. The summed E-state index contributed by atoms with van der Waals surface area (Å²) in [5.74, 6) is 1.63. The van der Waals surface area contributed by atoms with Crippen molar-refractivity contribution in [3.05, 3.63) is 23.8 Å². The Balaban J connectivity index is 2.41. The Morgan fingerprint density at radius 2 is 2.09 bits per heavy atom. The molecule has 55 valence electrons. The van der Waals surface area contributed by atoms with Gasteiger partial charge < -0.3 is 9.31 Å². The van der Waals surface area contributed by atoms with E-state index in [9.17, 15) is 0 Å². The van der Waals surface area contributed by atoms with Crippen molar-refractivity contribution in [3.8, 4) is 11.5 Å². The number of hydrogen-bond acceptors (Lipinski definition) is 2. The van der Waals surface area contributed by atoms with Gasteiger partial charge >= 0.3 is 7.69 Å². The molecule has 0 saturated heterocycles. The molecule has 0 unspecified atom stereocenters. The summed E-state index contributed by atoms with van der Waals surface area (Å²) in [6.45, 7) is 2.11. The third kappa shape index (κ3) is 1.07. The van der Waals surface area contributed by atoms with Crippen LogP contribution in [0.4, 0.5) is 0 Å². The fraction of sp³-hybridized carbons (Fsp3) is 0.250. The summed E-state index contributed by atoms with van der Waals surface area (Å²) in [5.41, 5.74) is 1.27. The maximum Gasteiger partial charge on any atom is 0.658 e. The van der Waals surface area contributed by atoms with E-state index in [0.717, 1.165) is 17.9 Å². The molecular formula is C8H8BO2. The molecule has 0 spiro atoms. The Morgan fingerprint density at radius 3 is 2.91 bits per heavy atom. The van der Waals surface area contributed by atoms with Crippen LogP contribution >= 0.6 is 0 Å². The lowest BCUT2D eigenvalue weighted by Gasteiger charge is -1.99. The molecule has 1 aromatic carbocycles. The van der Waals surface area contributed by atoms with E-state index in [-0.39, 0.29) is 0 Å². The van der Waals surface area contributed by atoms with Crippen molar-refractivity contribution >= 4 is 7.69 Å². The second-order valence-corrected chi connectivity index (χ2v) is 2.47. The van der Waals surface area contributed by atoms with Gasteiger partial charge in [0.2, 0.25) is 0 Å². The molecule has 3 heteroatoms. The summed E-state index contributed by atoms with van der Waals surface area (Å²) in [6.07, 6.45) is 1.02. The summed E-state index contributed by atoms with van der Waals surface area (Å²) in [4.78, 5) is 0. The van der Waals surface area contributed by atoms with Gasteiger partial charge in [-0.25, -0.2) is 0 Å². The number of aryl methyl sites for hydroxylation is 1. The van der Waals surface area contributed by atoms with Crippen molar-refractivity contribution < 1.29 is 9.31 Å². The summed E-state index contributed by atoms with van der Waals surface area (Å²) in [5, 5.41) is 0. The average molecular weight is 147 g/mol. The van der Waals surface area contributed by atoms with Crippen molar-refractivity contribution in [2.75, 3.05) is 0 Å². The summed E-state index contributed by atoms with van der Waals surface area (Å²) < 4.78 is 10.1. The van der Waals surface area contributed by atoms with Gasteiger partial charge in [-0.05, 0) is 24.1 Å². The Morgan fingerprint density at radius 1 is 1.27 bits per heavy atom. The minimum atomic E-state index is 0.808. The van der Waals surface area contributed by atoms with E-state index in [4.69, 9.17) is 9.31 Å². The fourth-order valence-electron chi connectivity index (χ4n) is 1.09. The van der Waals surface area contributed by atoms with E-state index in [0.29, 0.717) is 0 Å². The second kappa shape index (κ2) is 2.49. The standard InChI is InChI=1S/C8H8BO2/c1-2-6-3-4-7-8(5-6)11-9-10-7/h3-5H,2H2,1H3. The van der Waals surface area contributed by atoms with Gasteiger partial charge in [-0.15, -0.1) is 0 Å². The lowest BCUT2D eigenvalue weighted by atomic mass is 10.1. The summed E-state index contributed by atoms with van der Waals surface area (Å²) >= 11 is 0. The molecule has 0 fully saturated rings. The summed E-state index contributed by atoms with van der Waals surface area (Å²) in [6, 6.07) is 5.97. The highest BCUT2D eigenvalue weighted by molar-refractivity contribution is 6.22. The predicted molar refractivity (Wildman–Crippen MR) is 42.8 cm³/mol. The maximum atomic E-state index is 5.09. The van der Waals surface area contributed by atoms with Crippen molar-refractivity contribution in [2.45, 2.75) is 13.3 Å². The highest BCUT2D eigenvalue weighted by Crippen LogP contribution is 2.31. The molecule has 1 radical (unpaired) electrons. The highest BCUT2D eigenvalue weighted by Gasteiger charge is 2.15. The zero-order chi connectivity index (χ0) is 7.68. The minimum absolute atomic E-state index is 0.808. The third-order valence-electron chi connectivity index (χ3n) is 1.77. The van der Waals surface area contributed by atoms with Crippen LogP contribution in [-0.2, 0) is 6.42 Å². The Kier molecular flexibility index (Phi) is 1.49. The fourth-order valence-corrected chi connectivity index (χ4v) is 1.09. The number of rotatable bonds is 1. The van der Waals surface area contributed by atoms with E-state index >= 15 is 0 Å². The van der Waals surface area contributed by atoms with Crippen molar-refractivity contribution in [1.29, 1.82) is 0 Å². The molecule has 0 amide bonds. The van der Waals surface area contributed by atoms with Crippen LogP contribution < -0.4 is 9.31 Å². The first-order valence-corrected chi connectivity index (χ1v) is 3.68. The maximum absolute atomic E-state index is 5.09. The van der Waals surface area contributed by atoms with Gasteiger partial charge in [0.1, 0.15) is 11.5 Å². The molecule has 1 heterocycles. The molecule has 11 heavy (non-hydrogen) atoms. The Bertz CT molecular complexity index is 273. The van der Waals surface area contributed by atoms with Crippen LogP contribution in [0.2, 0.25) is 0 Å². The van der Waals surface area contributed by atoms with E-state index in [2.05, 4.69) is 6.92 Å². The molecule has 0 bridgehead atoms. The van der Waals surface area contributed by atoms with Crippen LogP contribution in [0.3, 0.4) is 0 Å². The van der Waals surface area contributed by atoms with Crippen LogP contribution in [-0.4, -0.2) is 7.69 Å². The number of fused-ring (bicyclic) bond motifs is 1. The van der Waals surface area contributed by atoms with Crippen LogP contribution in [0, 0.1) is 0 Å². The molecule has 0 aromatic heterocycles. The number of benzene rings is 1. The lowest BCUT2D eigenvalue weighted by Crippen LogP contribution is -1.99. The molecular weight excluding hydrogens is 139 g/mol. The smallest absolute Gasteiger partial charge is 0.524 e. The van der Waals surface area contributed by atoms with Gasteiger partial charge in [-0.1, -0.05) is 13.0 Å². The van der Waals surface area contributed by atoms with Crippen LogP contribution in [0.5, 0.6) is 11.5 Å². The van der Waals surface area contributed by atoms with Gasteiger partial charge in [0.25, 0.3) is 0 Å². The molecule has 1 aliphatic heterocycles. The molecule has 0 saturated carbocycles. The topological polar surface area (TPSA) is 18.5 Å². The monoisotopic (exact) mass is 147 g/mol. The van der Waals surface area contributed by atoms with Gasteiger partial charge in [-0.3, -0.25) is 0 Å². The van der Waals surface area contributed by atoms with Crippen molar-refractivity contribution in [3.63, 3.8) is 0 Å². The molecule has 0 aliphatic carbocycles. The molecule has 2 nitrogen and oxygen atoms in total. The molecule has 0 atom stereocenters. The van der Waals surface area contributed by atoms with Gasteiger partial charge in [-0.2, -0.15) is 0 Å². The van der Waals surface area contributed by atoms with Crippen LogP contribution in [0.15, 0.2) is 18.2 Å². The SMILES string of the molecule is CCc1ccc2c(c1)O[B]O2. The average Bonchev–Trinajstić information content (AvgIpc) is 2.50. The van der Waals surface area contributed by atoms with Gasteiger partial charge in [0.05, 0.1) is 0 Å². The van der Waals surface area contributed by atoms with Crippen molar-refractivity contribution in [1.82, 2.24) is 0 Å². The molecule has 2 rings (SSSR count). The lowest BCUT2D eigenvalue weighted by molar-refractivity contribution is 0.541. The molecule has 1 aliphatic rings. The second-order valence-electron chi connectivity index (χ2n) is 2.47. The predicted octanol–water partition coefficient (Wildman–Crippen LogP) is 1.55. The quantitative estimate of drug-likeness (QED) is 0.561. The van der Waals surface area contributed by atoms with Crippen molar-refractivity contribution in [2.24, 2.45) is 0 Å². The Hall–Kier alpha value is -1.12.